The molecule has 30 heavy (non-hydrogen) atoms. The number of aryl methyl sites for hydroxylation is 1. The summed E-state index contributed by atoms with van der Waals surface area (Å²) in [6.07, 6.45) is 1.82. The van der Waals surface area contributed by atoms with Crippen LogP contribution in [-0.2, 0) is 17.8 Å². The standard InChI is InChI=1S/C21H16F2N4O2S/c1-12-17-4-2-3-5-18(17)20(29)27(26-12)11-19(28)25-21-24-10-16(30-21)8-13-6-14(22)9-15(23)7-13/h2-7,9-10H,8,11H2,1H3,(H,24,25,28). The molecule has 6 nitrogen and oxygen atoms in total. The van der Waals surface area contributed by atoms with Gasteiger partial charge in [-0.1, -0.05) is 18.2 Å². The van der Waals surface area contributed by atoms with Crippen molar-refractivity contribution in [2.24, 2.45) is 0 Å². The summed E-state index contributed by atoms with van der Waals surface area (Å²) in [6.45, 7) is 1.52. The number of halogens is 2. The van der Waals surface area contributed by atoms with E-state index in [-0.39, 0.29) is 18.5 Å². The van der Waals surface area contributed by atoms with Crippen LogP contribution in [0.1, 0.15) is 16.1 Å². The average molecular weight is 426 g/mol. The first-order valence-corrected chi connectivity index (χ1v) is 9.86. The second-order valence-corrected chi connectivity index (χ2v) is 7.84. The van der Waals surface area contributed by atoms with Gasteiger partial charge in [0.05, 0.1) is 11.1 Å². The molecule has 152 valence electrons. The van der Waals surface area contributed by atoms with Crippen molar-refractivity contribution in [2.75, 3.05) is 5.32 Å². The number of nitrogens with one attached hydrogen (secondary N) is 1. The minimum absolute atomic E-state index is 0.255. The van der Waals surface area contributed by atoms with Crippen molar-refractivity contribution in [1.82, 2.24) is 14.8 Å². The molecule has 0 aliphatic carbocycles. The van der Waals surface area contributed by atoms with Crippen LogP contribution in [0.3, 0.4) is 0 Å². The van der Waals surface area contributed by atoms with Crippen LogP contribution < -0.4 is 10.9 Å². The number of nitrogens with zero attached hydrogens (tertiary/aromatic N) is 3. The third-order valence-electron chi connectivity index (χ3n) is 4.45. The van der Waals surface area contributed by atoms with E-state index in [0.717, 1.165) is 21.0 Å². The first-order valence-electron chi connectivity index (χ1n) is 9.05. The van der Waals surface area contributed by atoms with Crippen molar-refractivity contribution < 1.29 is 13.6 Å². The minimum atomic E-state index is -0.647. The highest BCUT2D eigenvalue weighted by molar-refractivity contribution is 7.15. The van der Waals surface area contributed by atoms with Gasteiger partial charge in [0, 0.05) is 28.9 Å². The van der Waals surface area contributed by atoms with E-state index in [9.17, 15) is 18.4 Å². The lowest BCUT2D eigenvalue weighted by Crippen LogP contribution is -2.30. The second-order valence-electron chi connectivity index (χ2n) is 6.73. The number of thiazole rings is 1. The Morgan fingerprint density at radius 3 is 2.57 bits per heavy atom. The van der Waals surface area contributed by atoms with E-state index in [0.29, 0.717) is 21.8 Å². The summed E-state index contributed by atoms with van der Waals surface area (Å²) in [5.74, 6) is -1.74. The van der Waals surface area contributed by atoms with E-state index in [4.69, 9.17) is 0 Å². The van der Waals surface area contributed by atoms with Crippen LogP contribution >= 0.6 is 11.3 Å². The molecular formula is C21H16F2N4O2S. The lowest BCUT2D eigenvalue weighted by molar-refractivity contribution is -0.117. The third-order valence-corrected chi connectivity index (χ3v) is 5.36. The van der Waals surface area contributed by atoms with E-state index in [1.807, 2.05) is 12.1 Å². The molecule has 2 heterocycles. The summed E-state index contributed by atoms with van der Waals surface area (Å²) in [5, 5.41) is 8.43. The van der Waals surface area contributed by atoms with E-state index in [2.05, 4.69) is 15.4 Å². The van der Waals surface area contributed by atoms with Crippen molar-refractivity contribution in [3.63, 3.8) is 0 Å². The maximum atomic E-state index is 13.3. The van der Waals surface area contributed by atoms with Gasteiger partial charge in [-0.25, -0.2) is 18.4 Å². The van der Waals surface area contributed by atoms with Gasteiger partial charge in [-0.05, 0) is 30.7 Å². The summed E-state index contributed by atoms with van der Waals surface area (Å²) in [5.41, 5.74) is 0.771. The molecule has 0 atom stereocenters. The Morgan fingerprint density at radius 1 is 1.13 bits per heavy atom. The highest BCUT2D eigenvalue weighted by Crippen LogP contribution is 2.22. The third kappa shape index (κ3) is 4.25. The van der Waals surface area contributed by atoms with Gasteiger partial charge in [-0.15, -0.1) is 11.3 Å². The fraction of sp³-hybridized carbons (Fsp3) is 0.143. The maximum Gasteiger partial charge on any atom is 0.275 e. The molecule has 9 heteroatoms. The molecule has 1 amide bonds. The van der Waals surface area contributed by atoms with Crippen LogP contribution in [0.15, 0.2) is 53.5 Å². The van der Waals surface area contributed by atoms with Gasteiger partial charge in [0.25, 0.3) is 5.56 Å². The maximum absolute atomic E-state index is 13.3. The number of hydrogen-bond acceptors (Lipinski definition) is 5. The number of anilines is 1. The topological polar surface area (TPSA) is 76.9 Å². The van der Waals surface area contributed by atoms with Gasteiger partial charge >= 0.3 is 0 Å². The first-order chi connectivity index (χ1) is 14.4. The summed E-state index contributed by atoms with van der Waals surface area (Å²) >= 11 is 1.19. The molecule has 0 radical (unpaired) electrons. The molecule has 0 fully saturated rings. The molecule has 0 saturated carbocycles. The lowest BCUT2D eigenvalue weighted by Gasteiger charge is -2.08. The fourth-order valence-electron chi connectivity index (χ4n) is 3.17. The second kappa shape index (κ2) is 8.11. The van der Waals surface area contributed by atoms with Gasteiger partial charge in [-0.2, -0.15) is 5.10 Å². The van der Waals surface area contributed by atoms with Gasteiger partial charge in [-0.3, -0.25) is 9.59 Å². The summed E-state index contributed by atoms with van der Waals surface area (Å²) in [6, 6.07) is 10.4. The number of fused-ring (bicyclic) bond motifs is 1. The average Bonchev–Trinajstić information content (AvgIpc) is 3.11. The molecule has 4 aromatic rings. The molecule has 2 aromatic heterocycles. The zero-order valence-electron chi connectivity index (χ0n) is 15.9. The molecule has 0 aliphatic rings. The number of benzene rings is 2. The number of hydrogen-bond donors (Lipinski definition) is 1. The van der Waals surface area contributed by atoms with Crippen molar-refractivity contribution >= 4 is 33.1 Å². The van der Waals surface area contributed by atoms with Crippen LogP contribution in [0, 0.1) is 18.6 Å². The van der Waals surface area contributed by atoms with Crippen LogP contribution in [0.4, 0.5) is 13.9 Å². The summed E-state index contributed by atoms with van der Waals surface area (Å²) in [4.78, 5) is 29.8. The summed E-state index contributed by atoms with van der Waals surface area (Å²) in [7, 11) is 0. The van der Waals surface area contributed by atoms with E-state index >= 15 is 0 Å². The van der Waals surface area contributed by atoms with Crippen LogP contribution in [0.25, 0.3) is 10.8 Å². The molecule has 0 aliphatic heterocycles. The number of amides is 1. The van der Waals surface area contributed by atoms with Crippen molar-refractivity contribution in [2.45, 2.75) is 19.9 Å². The Labute approximate surface area is 173 Å². The van der Waals surface area contributed by atoms with Crippen LogP contribution in [0.5, 0.6) is 0 Å². The van der Waals surface area contributed by atoms with E-state index < -0.39 is 17.5 Å². The smallest absolute Gasteiger partial charge is 0.275 e. The highest BCUT2D eigenvalue weighted by Gasteiger charge is 2.13. The van der Waals surface area contributed by atoms with Crippen molar-refractivity contribution in [3.05, 3.63) is 86.8 Å². The predicted octanol–water partition coefficient (Wildman–Crippen LogP) is 3.67. The Balaban J connectivity index is 1.47. The Hall–Kier alpha value is -3.46. The number of aromatic nitrogens is 3. The van der Waals surface area contributed by atoms with Crippen molar-refractivity contribution in [3.8, 4) is 0 Å². The molecule has 0 bridgehead atoms. The molecule has 1 N–H and O–H groups in total. The molecule has 0 unspecified atom stereocenters. The fourth-order valence-corrected chi connectivity index (χ4v) is 4.03. The van der Waals surface area contributed by atoms with Crippen molar-refractivity contribution in [1.29, 1.82) is 0 Å². The molecule has 0 spiro atoms. The monoisotopic (exact) mass is 426 g/mol. The Morgan fingerprint density at radius 2 is 1.83 bits per heavy atom. The molecule has 0 saturated heterocycles. The Kier molecular flexibility index (Phi) is 5.37. The number of rotatable bonds is 5. The molecular weight excluding hydrogens is 410 g/mol. The Bertz CT molecular complexity index is 1300. The van der Waals surface area contributed by atoms with Gasteiger partial charge < -0.3 is 5.32 Å². The molecule has 2 aromatic carbocycles. The van der Waals surface area contributed by atoms with Crippen LogP contribution in [0.2, 0.25) is 0 Å². The van der Waals surface area contributed by atoms with E-state index in [1.165, 1.54) is 29.7 Å². The normalized spacial score (nSPS) is 11.0. The number of carbonyl (C=O) groups excluding carboxylic acids is 1. The zero-order valence-corrected chi connectivity index (χ0v) is 16.7. The van der Waals surface area contributed by atoms with Gasteiger partial charge in [0.2, 0.25) is 5.91 Å². The highest BCUT2D eigenvalue weighted by atomic mass is 32.1. The molecule has 4 rings (SSSR count). The minimum Gasteiger partial charge on any atom is -0.300 e. The predicted molar refractivity (Wildman–Crippen MR) is 111 cm³/mol. The van der Waals surface area contributed by atoms with Crippen LogP contribution in [-0.4, -0.2) is 20.7 Å². The lowest BCUT2D eigenvalue weighted by atomic mass is 10.1. The zero-order chi connectivity index (χ0) is 21.3. The van der Waals surface area contributed by atoms with Gasteiger partial charge in [0.1, 0.15) is 18.2 Å². The summed E-state index contributed by atoms with van der Waals surface area (Å²) < 4.78 is 27.8. The van der Waals surface area contributed by atoms with E-state index in [1.54, 1.807) is 19.1 Å². The van der Waals surface area contributed by atoms with Gasteiger partial charge in [0.15, 0.2) is 5.13 Å². The first kappa shape index (κ1) is 19.8. The largest absolute Gasteiger partial charge is 0.300 e. The number of carbonyl (C=O) groups is 1. The SMILES string of the molecule is Cc1nn(CC(=O)Nc2ncc(Cc3cc(F)cc(F)c3)s2)c(=O)c2ccccc12. The quantitative estimate of drug-likeness (QED) is 0.528.